The van der Waals surface area contributed by atoms with Crippen LogP contribution in [0.1, 0.15) is 22.8 Å². The molecule has 3 nitrogen and oxygen atoms in total. The number of carbonyl (C=O) groups excluding carboxylic acids is 1. The Morgan fingerprint density at radius 1 is 1.30 bits per heavy atom. The maximum absolute atomic E-state index is 13.6. The summed E-state index contributed by atoms with van der Waals surface area (Å²) in [4.78, 5) is 17.3. The van der Waals surface area contributed by atoms with Gasteiger partial charge in [0.05, 0.1) is 11.8 Å². The SMILES string of the molecule is CCN(Cc1cccc(F)c1)C(=O)c1ccncc1F. The molecule has 0 spiro atoms. The lowest BCUT2D eigenvalue weighted by atomic mass is 10.1. The smallest absolute Gasteiger partial charge is 0.257 e. The number of hydrogen-bond acceptors (Lipinski definition) is 2. The van der Waals surface area contributed by atoms with Gasteiger partial charge in [0.1, 0.15) is 5.82 Å². The van der Waals surface area contributed by atoms with Crippen LogP contribution in [0.4, 0.5) is 8.78 Å². The summed E-state index contributed by atoms with van der Waals surface area (Å²) in [7, 11) is 0. The zero-order valence-electron chi connectivity index (χ0n) is 11.0. The lowest BCUT2D eigenvalue weighted by molar-refractivity contribution is 0.0747. The number of halogens is 2. The average molecular weight is 276 g/mol. The van der Waals surface area contributed by atoms with Crippen molar-refractivity contribution in [2.45, 2.75) is 13.5 Å². The first-order chi connectivity index (χ1) is 9.61. The first-order valence-electron chi connectivity index (χ1n) is 6.25. The van der Waals surface area contributed by atoms with Gasteiger partial charge in [0, 0.05) is 19.3 Å². The molecule has 0 aliphatic carbocycles. The van der Waals surface area contributed by atoms with Crippen LogP contribution in [0.5, 0.6) is 0 Å². The zero-order chi connectivity index (χ0) is 14.5. The summed E-state index contributed by atoms with van der Waals surface area (Å²) in [6.45, 7) is 2.42. The van der Waals surface area contributed by atoms with Crippen LogP contribution < -0.4 is 0 Å². The molecule has 0 atom stereocenters. The van der Waals surface area contributed by atoms with Gasteiger partial charge in [0.2, 0.25) is 0 Å². The highest BCUT2D eigenvalue weighted by atomic mass is 19.1. The first kappa shape index (κ1) is 14.1. The second-order valence-electron chi connectivity index (χ2n) is 4.30. The fourth-order valence-electron chi connectivity index (χ4n) is 1.90. The largest absolute Gasteiger partial charge is 0.335 e. The van der Waals surface area contributed by atoms with E-state index in [0.29, 0.717) is 12.1 Å². The number of hydrogen-bond donors (Lipinski definition) is 0. The van der Waals surface area contributed by atoms with Crippen LogP contribution in [0, 0.1) is 11.6 Å². The van der Waals surface area contributed by atoms with Crippen LogP contribution in [0.25, 0.3) is 0 Å². The van der Waals surface area contributed by atoms with Crippen molar-refractivity contribution in [3.05, 3.63) is 65.5 Å². The van der Waals surface area contributed by atoms with Gasteiger partial charge in [-0.05, 0) is 30.7 Å². The summed E-state index contributed by atoms with van der Waals surface area (Å²) < 4.78 is 26.7. The first-order valence-corrected chi connectivity index (χ1v) is 6.25. The third-order valence-electron chi connectivity index (χ3n) is 2.93. The normalized spacial score (nSPS) is 10.3. The summed E-state index contributed by atoms with van der Waals surface area (Å²) in [5, 5.41) is 0. The highest BCUT2D eigenvalue weighted by Crippen LogP contribution is 2.13. The monoisotopic (exact) mass is 276 g/mol. The minimum Gasteiger partial charge on any atom is -0.335 e. The minimum atomic E-state index is -0.657. The van der Waals surface area contributed by atoms with Crippen molar-refractivity contribution in [1.29, 1.82) is 0 Å². The van der Waals surface area contributed by atoms with E-state index in [1.165, 1.54) is 29.3 Å². The lowest BCUT2D eigenvalue weighted by Gasteiger charge is -2.21. The van der Waals surface area contributed by atoms with Crippen molar-refractivity contribution in [3.8, 4) is 0 Å². The second-order valence-corrected chi connectivity index (χ2v) is 4.30. The summed E-state index contributed by atoms with van der Waals surface area (Å²) in [6, 6.07) is 7.34. The molecule has 104 valence electrons. The number of benzene rings is 1. The Bertz CT molecular complexity index is 616. The fraction of sp³-hybridized carbons (Fsp3) is 0.200. The molecule has 0 unspecified atom stereocenters. The van der Waals surface area contributed by atoms with E-state index in [9.17, 15) is 13.6 Å². The Morgan fingerprint density at radius 3 is 2.75 bits per heavy atom. The van der Waals surface area contributed by atoms with Gasteiger partial charge in [0.15, 0.2) is 5.82 Å². The Kier molecular flexibility index (Phi) is 4.40. The van der Waals surface area contributed by atoms with Crippen molar-refractivity contribution >= 4 is 5.91 Å². The molecule has 1 aromatic carbocycles. The van der Waals surface area contributed by atoms with Gasteiger partial charge in [-0.2, -0.15) is 0 Å². The van der Waals surface area contributed by atoms with E-state index < -0.39 is 11.7 Å². The molecule has 0 saturated carbocycles. The quantitative estimate of drug-likeness (QED) is 0.860. The van der Waals surface area contributed by atoms with Crippen molar-refractivity contribution in [3.63, 3.8) is 0 Å². The van der Waals surface area contributed by atoms with E-state index in [-0.39, 0.29) is 17.9 Å². The van der Waals surface area contributed by atoms with Crippen molar-refractivity contribution < 1.29 is 13.6 Å². The molecule has 0 aliphatic heterocycles. The number of carbonyl (C=O) groups is 1. The number of rotatable bonds is 4. The van der Waals surface area contributed by atoms with Crippen molar-refractivity contribution in [2.24, 2.45) is 0 Å². The Balaban J connectivity index is 2.20. The Labute approximate surface area is 115 Å². The Morgan fingerprint density at radius 2 is 2.10 bits per heavy atom. The molecular formula is C15H14F2N2O. The molecule has 1 heterocycles. The van der Waals surface area contributed by atoms with Gasteiger partial charge >= 0.3 is 0 Å². The topological polar surface area (TPSA) is 33.2 Å². The predicted molar refractivity (Wildman–Crippen MR) is 71.0 cm³/mol. The van der Waals surface area contributed by atoms with Crippen LogP contribution in [0.15, 0.2) is 42.7 Å². The van der Waals surface area contributed by atoms with Crippen molar-refractivity contribution in [2.75, 3.05) is 6.54 Å². The number of amides is 1. The third kappa shape index (κ3) is 3.17. The second kappa shape index (κ2) is 6.23. The van der Waals surface area contributed by atoms with Gasteiger partial charge < -0.3 is 4.90 Å². The lowest BCUT2D eigenvalue weighted by Crippen LogP contribution is -2.31. The molecule has 0 N–H and O–H groups in total. The molecule has 0 saturated heterocycles. The van der Waals surface area contributed by atoms with Gasteiger partial charge in [-0.3, -0.25) is 9.78 Å². The minimum absolute atomic E-state index is 0.0294. The van der Waals surface area contributed by atoms with Crippen LogP contribution in [0.3, 0.4) is 0 Å². The molecule has 1 amide bonds. The van der Waals surface area contributed by atoms with Crippen LogP contribution in [0.2, 0.25) is 0 Å². The van der Waals surface area contributed by atoms with Gasteiger partial charge in [-0.25, -0.2) is 8.78 Å². The van der Waals surface area contributed by atoms with E-state index >= 15 is 0 Å². The molecule has 0 radical (unpaired) electrons. The predicted octanol–water partition coefficient (Wildman–Crippen LogP) is 3.02. The number of aromatic nitrogens is 1. The van der Waals surface area contributed by atoms with Crippen LogP contribution in [-0.4, -0.2) is 22.3 Å². The van der Waals surface area contributed by atoms with E-state index in [4.69, 9.17) is 0 Å². The molecule has 0 aliphatic rings. The van der Waals surface area contributed by atoms with E-state index in [0.717, 1.165) is 6.20 Å². The molecule has 2 aromatic rings. The van der Waals surface area contributed by atoms with E-state index in [1.54, 1.807) is 19.1 Å². The number of nitrogens with zero attached hydrogens (tertiary/aromatic N) is 2. The summed E-state index contributed by atoms with van der Waals surface area (Å²) in [6.07, 6.45) is 2.37. The molecule has 2 rings (SSSR count). The van der Waals surface area contributed by atoms with E-state index in [1.807, 2.05) is 0 Å². The van der Waals surface area contributed by atoms with Crippen LogP contribution >= 0.6 is 0 Å². The molecule has 1 aromatic heterocycles. The van der Waals surface area contributed by atoms with Crippen molar-refractivity contribution in [1.82, 2.24) is 9.88 Å². The standard InChI is InChI=1S/C15H14F2N2O/c1-2-19(10-11-4-3-5-12(16)8-11)15(20)13-6-7-18-9-14(13)17/h3-9H,2,10H2,1H3. The molecule has 20 heavy (non-hydrogen) atoms. The molecule has 0 fully saturated rings. The third-order valence-corrected chi connectivity index (χ3v) is 2.93. The van der Waals surface area contributed by atoms with Gasteiger partial charge in [0.25, 0.3) is 5.91 Å². The summed E-state index contributed by atoms with van der Waals surface area (Å²) >= 11 is 0. The molecule has 5 heteroatoms. The highest BCUT2D eigenvalue weighted by molar-refractivity contribution is 5.94. The van der Waals surface area contributed by atoms with Gasteiger partial charge in [-0.15, -0.1) is 0 Å². The van der Waals surface area contributed by atoms with Crippen LogP contribution in [-0.2, 0) is 6.54 Å². The fourth-order valence-corrected chi connectivity index (χ4v) is 1.90. The maximum Gasteiger partial charge on any atom is 0.257 e. The molecule has 0 bridgehead atoms. The van der Waals surface area contributed by atoms with Gasteiger partial charge in [-0.1, -0.05) is 12.1 Å². The number of pyridine rings is 1. The zero-order valence-corrected chi connectivity index (χ0v) is 11.0. The summed E-state index contributed by atoms with van der Waals surface area (Å²) in [5.41, 5.74) is 0.632. The Hall–Kier alpha value is -2.30. The highest BCUT2D eigenvalue weighted by Gasteiger charge is 2.18. The summed E-state index contributed by atoms with van der Waals surface area (Å²) in [5.74, 6) is -1.45. The average Bonchev–Trinajstić information content (AvgIpc) is 2.44. The van der Waals surface area contributed by atoms with E-state index in [2.05, 4.69) is 4.98 Å². The maximum atomic E-state index is 13.6. The molecular weight excluding hydrogens is 262 g/mol.